The van der Waals surface area contributed by atoms with E-state index in [1.807, 2.05) is 0 Å². The van der Waals surface area contributed by atoms with Crippen molar-refractivity contribution in [3.8, 4) is 0 Å². The average Bonchev–Trinajstić information content (AvgIpc) is 2.84. The lowest BCUT2D eigenvalue weighted by Gasteiger charge is -2.29. The van der Waals surface area contributed by atoms with E-state index in [-0.39, 0.29) is 17.8 Å². The maximum absolute atomic E-state index is 11.2. The first-order valence-electron chi connectivity index (χ1n) is 6.78. The summed E-state index contributed by atoms with van der Waals surface area (Å²) in [6.45, 7) is 0.247. The molecule has 7 heteroatoms. The molecule has 1 aliphatic carbocycles. The number of hydrogen-bond acceptors (Lipinski definition) is 5. The number of aromatic carboxylic acids is 1. The van der Waals surface area contributed by atoms with E-state index in [0.717, 1.165) is 12.8 Å². The molecule has 0 spiro atoms. The van der Waals surface area contributed by atoms with Crippen molar-refractivity contribution >= 4 is 17.3 Å². The molecule has 114 valence electrons. The lowest BCUT2D eigenvalue weighted by Crippen LogP contribution is -2.39. The predicted molar refractivity (Wildman–Crippen MR) is 76.7 cm³/mol. The fourth-order valence-electron chi connectivity index (χ4n) is 2.92. The Bertz CT molecular complexity index is 566. The van der Waals surface area contributed by atoms with Gasteiger partial charge in [0.25, 0.3) is 0 Å². The quantitative estimate of drug-likeness (QED) is 0.636. The number of rotatable bonds is 5. The van der Waals surface area contributed by atoms with Crippen molar-refractivity contribution in [3.63, 3.8) is 0 Å². The number of nitrogens with zero attached hydrogens (tertiary/aromatic N) is 2. The Labute approximate surface area is 122 Å². The monoisotopic (exact) mass is 294 g/mol. The molecular weight excluding hydrogens is 276 g/mol. The van der Waals surface area contributed by atoms with E-state index in [1.54, 1.807) is 11.9 Å². The van der Waals surface area contributed by atoms with Crippen LogP contribution in [0.5, 0.6) is 0 Å². The zero-order chi connectivity index (χ0) is 15.6. The van der Waals surface area contributed by atoms with Crippen LogP contribution in [0.4, 0.5) is 11.4 Å². The first-order chi connectivity index (χ1) is 9.84. The summed E-state index contributed by atoms with van der Waals surface area (Å²) in [6, 6.07) is 4.19. The molecule has 2 N–H and O–H groups in total. The minimum atomic E-state index is -1.34. The van der Waals surface area contributed by atoms with Gasteiger partial charge in [-0.05, 0) is 25.0 Å². The summed E-state index contributed by atoms with van der Waals surface area (Å²) in [5.41, 5.74) is -1.43. The number of nitro groups is 1. The third-order valence-electron chi connectivity index (χ3n) is 3.90. The predicted octanol–water partition coefficient (Wildman–Crippen LogP) is 2.03. The maximum Gasteiger partial charge on any atom is 0.342 e. The Balaban J connectivity index is 2.36. The van der Waals surface area contributed by atoms with E-state index < -0.39 is 22.2 Å². The summed E-state index contributed by atoms with van der Waals surface area (Å²) in [7, 11) is 1.63. The molecule has 0 amide bonds. The Morgan fingerprint density at radius 2 is 2.05 bits per heavy atom. The lowest BCUT2D eigenvalue weighted by molar-refractivity contribution is -0.384. The molecule has 0 aliphatic heterocycles. The van der Waals surface area contributed by atoms with E-state index in [9.17, 15) is 20.0 Å². The van der Waals surface area contributed by atoms with Crippen LogP contribution in [0.25, 0.3) is 0 Å². The molecule has 0 atom stereocenters. The number of carboxylic acids is 1. The van der Waals surface area contributed by atoms with Crippen LogP contribution in [0.1, 0.15) is 36.0 Å². The van der Waals surface area contributed by atoms with E-state index >= 15 is 0 Å². The number of carbonyl (C=O) groups is 1. The molecule has 1 aliphatic rings. The Morgan fingerprint density at radius 3 is 2.57 bits per heavy atom. The topological polar surface area (TPSA) is 104 Å². The number of hydrogen-bond donors (Lipinski definition) is 2. The summed E-state index contributed by atoms with van der Waals surface area (Å²) >= 11 is 0. The van der Waals surface area contributed by atoms with Crippen LogP contribution in [0, 0.1) is 10.1 Å². The highest BCUT2D eigenvalue weighted by atomic mass is 16.6. The first-order valence-corrected chi connectivity index (χ1v) is 6.78. The normalized spacial score (nSPS) is 16.7. The van der Waals surface area contributed by atoms with Crippen LogP contribution in [-0.2, 0) is 0 Å². The Kier molecular flexibility index (Phi) is 4.13. The zero-order valence-electron chi connectivity index (χ0n) is 11.8. The fourth-order valence-corrected chi connectivity index (χ4v) is 2.92. The van der Waals surface area contributed by atoms with Gasteiger partial charge in [-0.3, -0.25) is 10.1 Å². The van der Waals surface area contributed by atoms with Crippen LogP contribution in [-0.4, -0.2) is 40.3 Å². The number of benzene rings is 1. The van der Waals surface area contributed by atoms with Crippen molar-refractivity contribution in [2.75, 3.05) is 18.5 Å². The van der Waals surface area contributed by atoms with Crippen molar-refractivity contribution in [3.05, 3.63) is 33.9 Å². The molecule has 1 aromatic carbocycles. The van der Waals surface area contributed by atoms with Gasteiger partial charge in [-0.15, -0.1) is 0 Å². The molecule has 0 radical (unpaired) electrons. The number of para-hydroxylation sites is 1. The minimum Gasteiger partial charge on any atom is -0.477 e. The van der Waals surface area contributed by atoms with Gasteiger partial charge < -0.3 is 15.1 Å². The largest absolute Gasteiger partial charge is 0.477 e. The third-order valence-corrected chi connectivity index (χ3v) is 3.90. The molecule has 0 heterocycles. The van der Waals surface area contributed by atoms with Crippen LogP contribution >= 0.6 is 0 Å². The molecule has 0 unspecified atom stereocenters. The number of carboxylic acid groups (broad SMARTS) is 1. The molecule has 21 heavy (non-hydrogen) atoms. The minimum absolute atomic E-state index is 0.209. The van der Waals surface area contributed by atoms with E-state index in [2.05, 4.69) is 0 Å². The molecule has 1 fully saturated rings. The van der Waals surface area contributed by atoms with Crippen LogP contribution in [0.3, 0.4) is 0 Å². The summed E-state index contributed by atoms with van der Waals surface area (Å²) in [5.74, 6) is -1.34. The average molecular weight is 294 g/mol. The van der Waals surface area contributed by atoms with Crippen LogP contribution < -0.4 is 4.90 Å². The summed E-state index contributed by atoms with van der Waals surface area (Å²) < 4.78 is 0. The highest BCUT2D eigenvalue weighted by molar-refractivity contribution is 5.95. The van der Waals surface area contributed by atoms with Crippen molar-refractivity contribution in [1.29, 1.82) is 0 Å². The lowest BCUT2D eigenvalue weighted by atomic mass is 10.0. The van der Waals surface area contributed by atoms with Gasteiger partial charge in [0.05, 0.1) is 10.5 Å². The smallest absolute Gasteiger partial charge is 0.342 e. The van der Waals surface area contributed by atoms with Crippen LogP contribution in [0.15, 0.2) is 18.2 Å². The second-order valence-corrected chi connectivity index (χ2v) is 5.52. The first kappa shape index (κ1) is 15.2. The second-order valence-electron chi connectivity index (χ2n) is 5.52. The van der Waals surface area contributed by atoms with Crippen molar-refractivity contribution < 1.29 is 19.9 Å². The van der Waals surface area contributed by atoms with Gasteiger partial charge in [0.15, 0.2) is 0 Å². The SMILES string of the molecule is CN(CC1(O)CCCC1)c1cccc(C(=O)O)c1[N+](=O)[O-]. The number of anilines is 1. The molecule has 0 aromatic heterocycles. The molecule has 0 saturated heterocycles. The van der Waals surface area contributed by atoms with Gasteiger partial charge in [-0.25, -0.2) is 4.79 Å². The van der Waals surface area contributed by atoms with Gasteiger partial charge in [-0.1, -0.05) is 18.9 Å². The Hall–Kier alpha value is -2.15. The number of nitro benzene ring substituents is 1. The van der Waals surface area contributed by atoms with Gasteiger partial charge in [0.1, 0.15) is 11.3 Å². The Morgan fingerprint density at radius 1 is 1.43 bits per heavy atom. The fraction of sp³-hybridized carbons (Fsp3) is 0.500. The second kappa shape index (κ2) is 5.69. The number of aliphatic hydroxyl groups is 1. The molecule has 1 saturated carbocycles. The highest BCUT2D eigenvalue weighted by Crippen LogP contribution is 2.35. The molecular formula is C14H18N2O5. The van der Waals surface area contributed by atoms with Crippen LogP contribution in [0.2, 0.25) is 0 Å². The summed E-state index contributed by atoms with van der Waals surface area (Å²) in [6.07, 6.45) is 3.18. The summed E-state index contributed by atoms with van der Waals surface area (Å²) in [5, 5.41) is 30.7. The van der Waals surface area contributed by atoms with Gasteiger partial charge in [-0.2, -0.15) is 0 Å². The molecule has 2 rings (SSSR count). The van der Waals surface area contributed by atoms with E-state index in [4.69, 9.17) is 5.11 Å². The van der Waals surface area contributed by atoms with Gasteiger partial charge in [0, 0.05) is 13.6 Å². The zero-order valence-corrected chi connectivity index (χ0v) is 11.8. The van der Waals surface area contributed by atoms with Crippen molar-refractivity contribution in [2.24, 2.45) is 0 Å². The number of likely N-dealkylation sites (N-methyl/N-ethyl adjacent to an activating group) is 1. The van der Waals surface area contributed by atoms with Gasteiger partial charge in [0.2, 0.25) is 0 Å². The van der Waals surface area contributed by atoms with Crippen molar-refractivity contribution in [2.45, 2.75) is 31.3 Å². The van der Waals surface area contributed by atoms with E-state index in [0.29, 0.717) is 12.8 Å². The van der Waals surface area contributed by atoms with Crippen molar-refractivity contribution in [1.82, 2.24) is 0 Å². The van der Waals surface area contributed by atoms with Gasteiger partial charge >= 0.3 is 11.7 Å². The maximum atomic E-state index is 11.2. The standard InChI is InChI=1S/C14H18N2O5/c1-15(9-14(19)7-2-3-8-14)11-6-4-5-10(13(17)18)12(11)16(20)21/h4-6,19H,2-3,7-9H2,1H3,(H,17,18). The molecule has 1 aromatic rings. The molecule has 0 bridgehead atoms. The summed E-state index contributed by atoms with van der Waals surface area (Å²) in [4.78, 5) is 23.2. The third kappa shape index (κ3) is 3.13. The molecule has 7 nitrogen and oxygen atoms in total. The van der Waals surface area contributed by atoms with E-state index in [1.165, 1.54) is 18.2 Å². The highest BCUT2D eigenvalue weighted by Gasteiger charge is 2.34.